The molecule has 0 radical (unpaired) electrons. The summed E-state index contributed by atoms with van der Waals surface area (Å²) >= 11 is 0. The van der Waals surface area contributed by atoms with Crippen LogP contribution >= 0.6 is 0 Å². The maximum atomic E-state index is 6.03. The highest BCUT2D eigenvalue weighted by Crippen LogP contribution is 2.34. The molecule has 14 heavy (non-hydrogen) atoms. The first-order chi connectivity index (χ1) is 6.52. The zero-order valence-electron chi connectivity index (χ0n) is 10.2. The lowest BCUT2D eigenvalue weighted by Gasteiger charge is -2.26. The Morgan fingerprint density at radius 3 is 2.29 bits per heavy atom. The molecule has 0 aromatic carbocycles. The summed E-state index contributed by atoms with van der Waals surface area (Å²) < 4.78 is 0. The summed E-state index contributed by atoms with van der Waals surface area (Å²) in [5.74, 6) is 1.58. The molecular weight excluding hydrogens is 172 g/mol. The fourth-order valence-corrected chi connectivity index (χ4v) is 1.83. The molecule has 0 aromatic heterocycles. The van der Waals surface area contributed by atoms with Crippen molar-refractivity contribution in [3.05, 3.63) is 0 Å². The predicted octanol–water partition coefficient (Wildman–Crippen LogP) is 2.09. The van der Waals surface area contributed by atoms with Gasteiger partial charge in [0.15, 0.2) is 0 Å². The first kappa shape index (κ1) is 12.0. The van der Waals surface area contributed by atoms with Gasteiger partial charge >= 0.3 is 0 Å². The minimum absolute atomic E-state index is 0.365. The van der Waals surface area contributed by atoms with E-state index in [1.54, 1.807) is 0 Å². The average molecular weight is 198 g/mol. The fraction of sp³-hybridized carbons (Fsp3) is 1.00. The number of hydrogen-bond acceptors (Lipinski definition) is 2. The van der Waals surface area contributed by atoms with Gasteiger partial charge in [0.1, 0.15) is 0 Å². The van der Waals surface area contributed by atoms with E-state index in [0.717, 1.165) is 24.9 Å². The molecule has 0 heterocycles. The lowest BCUT2D eigenvalue weighted by atomic mass is 10.0. The van der Waals surface area contributed by atoms with E-state index in [2.05, 4.69) is 32.7 Å². The Kier molecular flexibility index (Phi) is 4.39. The van der Waals surface area contributed by atoms with Gasteiger partial charge in [0.25, 0.3) is 0 Å². The molecular formula is C12H26N2. The molecule has 1 fully saturated rings. The van der Waals surface area contributed by atoms with Gasteiger partial charge in [-0.2, -0.15) is 0 Å². The number of rotatable bonds is 6. The molecule has 2 atom stereocenters. The molecule has 2 nitrogen and oxygen atoms in total. The SMILES string of the molecule is CC(C)C(N)CCN(C)C(C)C1CC1. The molecule has 0 spiro atoms. The van der Waals surface area contributed by atoms with E-state index in [-0.39, 0.29) is 0 Å². The maximum Gasteiger partial charge on any atom is 0.00921 e. The fourth-order valence-electron chi connectivity index (χ4n) is 1.83. The molecule has 0 aliphatic heterocycles. The quantitative estimate of drug-likeness (QED) is 0.708. The molecule has 0 amide bonds. The summed E-state index contributed by atoms with van der Waals surface area (Å²) in [5.41, 5.74) is 6.03. The van der Waals surface area contributed by atoms with Gasteiger partial charge in [-0.25, -0.2) is 0 Å². The Balaban J connectivity index is 2.16. The molecule has 0 bridgehead atoms. The van der Waals surface area contributed by atoms with Crippen molar-refractivity contribution in [2.45, 2.75) is 52.1 Å². The van der Waals surface area contributed by atoms with E-state index >= 15 is 0 Å². The molecule has 1 rings (SSSR count). The monoisotopic (exact) mass is 198 g/mol. The lowest BCUT2D eigenvalue weighted by Crippen LogP contribution is -2.36. The van der Waals surface area contributed by atoms with E-state index in [0.29, 0.717) is 12.0 Å². The van der Waals surface area contributed by atoms with Crippen molar-refractivity contribution < 1.29 is 0 Å². The molecule has 84 valence electrons. The molecule has 1 aliphatic carbocycles. The topological polar surface area (TPSA) is 29.3 Å². The largest absolute Gasteiger partial charge is 0.327 e. The summed E-state index contributed by atoms with van der Waals surface area (Å²) in [6, 6.07) is 1.12. The molecule has 2 heteroatoms. The number of nitrogens with zero attached hydrogens (tertiary/aromatic N) is 1. The molecule has 2 N–H and O–H groups in total. The maximum absolute atomic E-state index is 6.03. The zero-order chi connectivity index (χ0) is 10.7. The molecule has 0 saturated heterocycles. The Labute approximate surface area is 88.8 Å². The zero-order valence-corrected chi connectivity index (χ0v) is 10.2. The normalized spacial score (nSPS) is 21.6. The van der Waals surface area contributed by atoms with Crippen LogP contribution in [0.3, 0.4) is 0 Å². The van der Waals surface area contributed by atoms with Crippen LogP contribution < -0.4 is 5.73 Å². The lowest BCUT2D eigenvalue weighted by molar-refractivity contribution is 0.220. The van der Waals surface area contributed by atoms with Gasteiger partial charge in [0.05, 0.1) is 0 Å². The van der Waals surface area contributed by atoms with Gasteiger partial charge in [-0.3, -0.25) is 0 Å². The highest BCUT2D eigenvalue weighted by atomic mass is 15.1. The Bertz CT molecular complexity index is 164. The second-order valence-corrected chi connectivity index (χ2v) is 5.26. The van der Waals surface area contributed by atoms with Gasteiger partial charge in [0, 0.05) is 12.1 Å². The van der Waals surface area contributed by atoms with Crippen molar-refractivity contribution in [1.82, 2.24) is 4.90 Å². The Morgan fingerprint density at radius 2 is 1.86 bits per heavy atom. The van der Waals surface area contributed by atoms with Crippen molar-refractivity contribution >= 4 is 0 Å². The second kappa shape index (κ2) is 5.13. The molecule has 2 unspecified atom stereocenters. The first-order valence-electron chi connectivity index (χ1n) is 5.98. The van der Waals surface area contributed by atoms with Crippen LogP contribution in [0.15, 0.2) is 0 Å². The summed E-state index contributed by atoms with van der Waals surface area (Å²) in [7, 11) is 2.23. The number of hydrogen-bond donors (Lipinski definition) is 1. The highest BCUT2D eigenvalue weighted by molar-refractivity contribution is 4.84. The van der Waals surface area contributed by atoms with Crippen LogP contribution in [0.2, 0.25) is 0 Å². The van der Waals surface area contributed by atoms with Crippen LogP contribution in [0.25, 0.3) is 0 Å². The van der Waals surface area contributed by atoms with E-state index < -0.39 is 0 Å². The highest BCUT2D eigenvalue weighted by Gasteiger charge is 2.30. The summed E-state index contributed by atoms with van der Waals surface area (Å²) in [6.07, 6.45) is 3.99. The van der Waals surface area contributed by atoms with Gasteiger partial charge in [-0.1, -0.05) is 13.8 Å². The summed E-state index contributed by atoms with van der Waals surface area (Å²) in [4.78, 5) is 2.47. The Morgan fingerprint density at radius 1 is 1.29 bits per heavy atom. The predicted molar refractivity (Wildman–Crippen MR) is 62.2 cm³/mol. The van der Waals surface area contributed by atoms with Crippen LogP contribution in [-0.2, 0) is 0 Å². The minimum atomic E-state index is 0.365. The Hall–Kier alpha value is -0.0800. The third kappa shape index (κ3) is 3.58. The van der Waals surface area contributed by atoms with E-state index in [1.807, 2.05) is 0 Å². The standard InChI is InChI=1S/C12H26N2/c1-9(2)12(13)7-8-14(4)10(3)11-5-6-11/h9-12H,5-8,13H2,1-4H3. The van der Waals surface area contributed by atoms with E-state index in [1.165, 1.54) is 12.8 Å². The van der Waals surface area contributed by atoms with Gasteiger partial charge < -0.3 is 10.6 Å². The summed E-state index contributed by atoms with van der Waals surface area (Å²) in [5, 5.41) is 0. The van der Waals surface area contributed by atoms with Crippen molar-refractivity contribution in [2.24, 2.45) is 17.6 Å². The summed E-state index contributed by atoms with van der Waals surface area (Å²) in [6.45, 7) is 7.90. The number of nitrogens with two attached hydrogens (primary N) is 1. The van der Waals surface area contributed by atoms with Crippen LogP contribution in [0.4, 0.5) is 0 Å². The van der Waals surface area contributed by atoms with Crippen molar-refractivity contribution in [1.29, 1.82) is 0 Å². The van der Waals surface area contributed by atoms with E-state index in [9.17, 15) is 0 Å². The minimum Gasteiger partial charge on any atom is -0.327 e. The van der Waals surface area contributed by atoms with Crippen LogP contribution in [0.5, 0.6) is 0 Å². The molecule has 1 aliphatic rings. The second-order valence-electron chi connectivity index (χ2n) is 5.26. The first-order valence-corrected chi connectivity index (χ1v) is 5.98. The van der Waals surface area contributed by atoms with Crippen LogP contribution in [0.1, 0.15) is 40.0 Å². The van der Waals surface area contributed by atoms with Crippen molar-refractivity contribution in [2.75, 3.05) is 13.6 Å². The molecule has 1 saturated carbocycles. The van der Waals surface area contributed by atoms with E-state index in [4.69, 9.17) is 5.73 Å². The average Bonchev–Trinajstić information content (AvgIpc) is 2.95. The van der Waals surface area contributed by atoms with Crippen molar-refractivity contribution in [3.63, 3.8) is 0 Å². The van der Waals surface area contributed by atoms with Crippen LogP contribution in [-0.4, -0.2) is 30.6 Å². The smallest absolute Gasteiger partial charge is 0.00921 e. The van der Waals surface area contributed by atoms with Gasteiger partial charge in [-0.15, -0.1) is 0 Å². The third-order valence-corrected chi connectivity index (χ3v) is 3.67. The van der Waals surface area contributed by atoms with Crippen LogP contribution in [0, 0.1) is 11.8 Å². The van der Waals surface area contributed by atoms with Crippen molar-refractivity contribution in [3.8, 4) is 0 Å². The van der Waals surface area contributed by atoms with Gasteiger partial charge in [-0.05, 0) is 51.6 Å². The molecule has 0 aromatic rings. The third-order valence-electron chi connectivity index (χ3n) is 3.67. The van der Waals surface area contributed by atoms with Gasteiger partial charge in [0.2, 0.25) is 0 Å².